The van der Waals surface area contributed by atoms with E-state index < -0.39 is 26.7 Å². The van der Waals surface area contributed by atoms with E-state index in [1.807, 2.05) is 4.72 Å². The van der Waals surface area contributed by atoms with Gasteiger partial charge in [0, 0.05) is 36.5 Å². The highest BCUT2D eigenvalue weighted by atomic mass is 32.2. The number of hydrogen-bond donors (Lipinski definition) is 3. The molecule has 0 radical (unpaired) electrons. The van der Waals surface area contributed by atoms with Crippen LogP contribution in [0.5, 0.6) is 0 Å². The van der Waals surface area contributed by atoms with Crippen LogP contribution in [-0.4, -0.2) is 32.8 Å². The van der Waals surface area contributed by atoms with Crippen molar-refractivity contribution in [3.05, 3.63) is 82.2 Å². The summed E-state index contributed by atoms with van der Waals surface area (Å²) >= 11 is 0. The summed E-state index contributed by atoms with van der Waals surface area (Å²) in [5.41, 5.74) is 2.12. The van der Waals surface area contributed by atoms with Crippen molar-refractivity contribution in [2.24, 2.45) is 23.2 Å². The fourth-order valence-electron chi connectivity index (χ4n) is 7.78. The van der Waals surface area contributed by atoms with E-state index in [4.69, 9.17) is 0 Å². The number of nitro groups is 1. The molecule has 3 aromatic carbocycles. The Kier molecular flexibility index (Phi) is 7.16. The number of halogens is 1. The number of carbonyl (C=O) groups excluding carboxylic acids is 1. The van der Waals surface area contributed by atoms with Gasteiger partial charge in [-0.25, -0.2) is 17.5 Å². The van der Waals surface area contributed by atoms with Crippen molar-refractivity contribution < 1.29 is 22.5 Å². The maximum Gasteiger partial charge on any atom is 0.293 e. The predicted octanol–water partition coefficient (Wildman–Crippen LogP) is 6.19. The molecule has 7 rings (SSSR count). The highest BCUT2D eigenvalue weighted by molar-refractivity contribution is 7.90. The van der Waals surface area contributed by atoms with Crippen LogP contribution in [-0.2, 0) is 10.0 Å². The van der Waals surface area contributed by atoms with Gasteiger partial charge in [0.2, 0.25) is 0 Å². The summed E-state index contributed by atoms with van der Waals surface area (Å²) < 4.78 is 41.8. The lowest BCUT2D eigenvalue weighted by atomic mass is 9.49. The molecule has 0 aliphatic heterocycles. The van der Waals surface area contributed by atoms with Crippen LogP contribution < -0.4 is 15.4 Å². The highest BCUT2D eigenvalue weighted by Gasteiger charge is 2.50. The van der Waals surface area contributed by atoms with Gasteiger partial charge in [0.05, 0.1) is 9.82 Å². The number of sulfonamides is 1. The molecule has 42 heavy (non-hydrogen) atoms. The van der Waals surface area contributed by atoms with E-state index in [2.05, 4.69) is 10.6 Å². The maximum absolute atomic E-state index is 13.6. The van der Waals surface area contributed by atoms with Crippen molar-refractivity contribution in [1.82, 2.24) is 4.72 Å². The molecule has 4 fully saturated rings. The van der Waals surface area contributed by atoms with Gasteiger partial charge in [-0.1, -0.05) is 12.1 Å². The minimum absolute atomic E-state index is 0.0822. The number of rotatable bonds is 9. The highest BCUT2D eigenvalue weighted by Crippen LogP contribution is 2.60. The number of hydrogen-bond acceptors (Lipinski definition) is 7. The molecule has 0 atom stereocenters. The molecule has 9 nitrogen and oxygen atoms in total. The van der Waals surface area contributed by atoms with E-state index in [1.165, 1.54) is 55.7 Å². The Hall–Kier alpha value is -3.99. The van der Waals surface area contributed by atoms with Gasteiger partial charge < -0.3 is 10.6 Å². The average molecular weight is 593 g/mol. The van der Waals surface area contributed by atoms with Gasteiger partial charge in [0.25, 0.3) is 21.6 Å². The molecule has 0 spiro atoms. The summed E-state index contributed by atoms with van der Waals surface area (Å²) in [5.74, 6) is 0.967. The molecule has 4 aliphatic carbocycles. The lowest BCUT2D eigenvalue weighted by Gasteiger charge is -2.57. The summed E-state index contributed by atoms with van der Waals surface area (Å²) in [6.45, 7) is 0.629. The lowest BCUT2D eigenvalue weighted by molar-refractivity contribution is -0.384. The largest absolute Gasteiger partial charge is 0.388 e. The number of nitro benzene ring substituents is 1. The summed E-state index contributed by atoms with van der Waals surface area (Å²) in [4.78, 5) is 23.8. The summed E-state index contributed by atoms with van der Waals surface area (Å²) in [7, 11) is -2.73. The number of carbonyl (C=O) groups is 1. The Labute approximate surface area is 244 Å². The van der Waals surface area contributed by atoms with Crippen molar-refractivity contribution >= 4 is 33.0 Å². The van der Waals surface area contributed by atoms with Crippen LogP contribution in [0.1, 0.15) is 48.9 Å². The Balaban J connectivity index is 1.16. The lowest BCUT2D eigenvalue weighted by Crippen LogP contribution is -2.49. The molecule has 11 heteroatoms. The molecule has 220 valence electrons. The van der Waals surface area contributed by atoms with Crippen molar-refractivity contribution in [1.29, 1.82) is 0 Å². The fraction of sp³-hybridized carbons (Fsp3) is 0.387. The summed E-state index contributed by atoms with van der Waals surface area (Å²) in [6.07, 6.45) is 7.31. The molecule has 0 aromatic heterocycles. The number of nitrogens with zero attached hydrogens (tertiary/aromatic N) is 1. The van der Waals surface area contributed by atoms with Gasteiger partial charge >= 0.3 is 0 Å². The SMILES string of the molecule is CNc1cc(F)ccc1-c1ccc(C(=O)NS(=O)(=O)c2ccc(NCC34CC5CC(CC(C5)C3)C4)c([N+](=O)[O-])c2)cc1. The zero-order valence-corrected chi connectivity index (χ0v) is 24.0. The first-order chi connectivity index (χ1) is 20.0. The second-order valence-electron chi connectivity index (χ2n) is 12.2. The molecule has 0 saturated heterocycles. The summed E-state index contributed by atoms with van der Waals surface area (Å²) in [5, 5.41) is 18.1. The monoisotopic (exact) mass is 592 g/mol. The van der Waals surface area contributed by atoms with Gasteiger partial charge in [-0.05, 0) is 110 Å². The van der Waals surface area contributed by atoms with E-state index in [9.17, 15) is 27.7 Å². The van der Waals surface area contributed by atoms with Gasteiger partial charge in [0.15, 0.2) is 0 Å². The molecule has 4 bridgehead atoms. The zero-order chi connectivity index (χ0) is 29.6. The van der Waals surface area contributed by atoms with Crippen molar-refractivity contribution in [3.63, 3.8) is 0 Å². The first kappa shape index (κ1) is 28.1. The fourth-order valence-corrected chi connectivity index (χ4v) is 8.78. The average Bonchev–Trinajstić information content (AvgIpc) is 2.95. The Bertz CT molecular complexity index is 1620. The second-order valence-corrected chi connectivity index (χ2v) is 13.8. The molecular formula is C31H33FN4O5S. The number of nitrogens with one attached hydrogen (secondary N) is 3. The Morgan fingerprint density at radius 3 is 2.19 bits per heavy atom. The van der Waals surface area contributed by atoms with Gasteiger partial charge in [-0.2, -0.15) is 0 Å². The molecule has 4 saturated carbocycles. The van der Waals surface area contributed by atoms with Crippen LogP contribution in [0.3, 0.4) is 0 Å². The second kappa shape index (κ2) is 10.7. The third kappa shape index (κ3) is 5.45. The minimum atomic E-state index is -4.39. The summed E-state index contributed by atoms with van der Waals surface area (Å²) in [6, 6.07) is 14.2. The molecule has 4 aliphatic rings. The Morgan fingerprint density at radius 1 is 0.952 bits per heavy atom. The maximum atomic E-state index is 13.6. The van der Waals surface area contributed by atoms with Gasteiger partial charge in [-0.15, -0.1) is 0 Å². The predicted molar refractivity (Wildman–Crippen MR) is 158 cm³/mol. The van der Waals surface area contributed by atoms with Gasteiger partial charge in [-0.3, -0.25) is 14.9 Å². The molecule has 3 aromatic rings. The van der Waals surface area contributed by atoms with Crippen LogP contribution in [0.25, 0.3) is 11.1 Å². The first-order valence-corrected chi connectivity index (χ1v) is 15.7. The van der Waals surface area contributed by atoms with Crippen molar-refractivity contribution in [2.45, 2.75) is 43.4 Å². The molecule has 1 amide bonds. The zero-order valence-electron chi connectivity index (χ0n) is 23.2. The number of amides is 1. The van der Waals surface area contributed by atoms with Crippen LogP contribution in [0.15, 0.2) is 65.6 Å². The smallest absolute Gasteiger partial charge is 0.293 e. The quantitative estimate of drug-likeness (QED) is 0.200. The van der Waals surface area contributed by atoms with Crippen molar-refractivity contribution in [2.75, 3.05) is 24.2 Å². The molecule has 0 unspecified atom stereocenters. The van der Waals surface area contributed by atoms with Crippen LogP contribution in [0.4, 0.5) is 21.5 Å². The molecular weight excluding hydrogens is 559 g/mol. The molecule has 0 heterocycles. The van der Waals surface area contributed by atoms with E-state index in [-0.39, 0.29) is 27.2 Å². The normalized spacial score (nSPS) is 24.3. The van der Waals surface area contributed by atoms with Crippen LogP contribution in [0.2, 0.25) is 0 Å². The van der Waals surface area contributed by atoms with Crippen LogP contribution in [0, 0.1) is 39.1 Å². The van der Waals surface area contributed by atoms with E-state index in [0.717, 1.165) is 43.1 Å². The van der Waals surface area contributed by atoms with Crippen LogP contribution >= 0.6 is 0 Å². The third-order valence-corrected chi connectivity index (χ3v) is 10.6. The minimum Gasteiger partial charge on any atom is -0.388 e. The first-order valence-electron chi connectivity index (χ1n) is 14.2. The topological polar surface area (TPSA) is 130 Å². The van der Waals surface area contributed by atoms with Crippen molar-refractivity contribution in [3.8, 4) is 11.1 Å². The number of benzene rings is 3. The van der Waals surface area contributed by atoms with E-state index >= 15 is 0 Å². The van der Waals surface area contributed by atoms with Gasteiger partial charge in [0.1, 0.15) is 11.5 Å². The third-order valence-electron chi connectivity index (χ3n) is 9.23. The Morgan fingerprint density at radius 2 is 1.60 bits per heavy atom. The van der Waals surface area contributed by atoms with E-state index in [0.29, 0.717) is 23.4 Å². The number of anilines is 2. The standard InChI is InChI=1S/C31H33FN4O5S/c1-33-28-13-24(32)6-8-26(28)22-2-4-23(5-3-22)30(37)35-42(40,41)25-7-9-27(29(14-25)36(38)39)34-18-31-15-19-10-20(16-31)12-21(11-19)17-31/h2-9,13-14,19-21,33-34H,10-12,15-18H2,1H3,(H,35,37). The molecule has 3 N–H and O–H groups in total. The van der Waals surface area contributed by atoms with E-state index in [1.54, 1.807) is 25.2 Å².